The van der Waals surface area contributed by atoms with Crippen molar-refractivity contribution in [3.05, 3.63) is 45.5 Å². The number of morpholine rings is 1. The molecule has 30 heavy (non-hydrogen) atoms. The molecule has 2 N–H and O–H groups in total. The number of methoxy groups -OCH3 is 2. The molecule has 0 bridgehead atoms. The summed E-state index contributed by atoms with van der Waals surface area (Å²) in [6.45, 7) is 3.39. The number of carbonyl (C=O) groups is 1. The van der Waals surface area contributed by atoms with E-state index >= 15 is 0 Å². The summed E-state index contributed by atoms with van der Waals surface area (Å²) in [5, 5.41) is 20.7. The minimum Gasteiger partial charge on any atom is -0.502 e. The van der Waals surface area contributed by atoms with Crippen molar-refractivity contribution in [2.24, 2.45) is 0 Å². The van der Waals surface area contributed by atoms with Crippen molar-refractivity contribution in [2.45, 2.75) is 19.3 Å². The topological polar surface area (TPSA) is 119 Å². The van der Waals surface area contributed by atoms with Crippen LogP contribution in [-0.4, -0.2) is 61.5 Å². The van der Waals surface area contributed by atoms with Gasteiger partial charge in [0.15, 0.2) is 17.3 Å². The molecule has 1 aliphatic heterocycles. The Morgan fingerprint density at radius 2 is 1.70 bits per heavy atom. The van der Waals surface area contributed by atoms with Gasteiger partial charge in [-0.3, -0.25) is 9.59 Å². The van der Waals surface area contributed by atoms with Gasteiger partial charge in [0.1, 0.15) is 5.76 Å². The van der Waals surface area contributed by atoms with Crippen LogP contribution in [0.1, 0.15) is 29.4 Å². The van der Waals surface area contributed by atoms with Crippen molar-refractivity contribution in [1.29, 1.82) is 0 Å². The Hall–Kier alpha value is -3.20. The van der Waals surface area contributed by atoms with Crippen molar-refractivity contribution >= 4 is 5.91 Å². The van der Waals surface area contributed by atoms with Crippen LogP contribution in [0.25, 0.3) is 0 Å². The number of hydrogen-bond acceptors (Lipinski definition) is 8. The second-order valence-electron chi connectivity index (χ2n) is 6.96. The maximum absolute atomic E-state index is 13.0. The zero-order chi connectivity index (χ0) is 21.8. The van der Waals surface area contributed by atoms with Crippen molar-refractivity contribution in [3.8, 4) is 23.0 Å². The van der Waals surface area contributed by atoms with Crippen LogP contribution in [0.4, 0.5) is 0 Å². The van der Waals surface area contributed by atoms with Crippen molar-refractivity contribution in [3.63, 3.8) is 0 Å². The smallest absolute Gasteiger partial charge is 0.227 e. The van der Waals surface area contributed by atoms with Crippen LogP contribution in [0.2, 0.25) is 0 Å². The molecule has 0 spiro atoms. The molecular formula is C21H25NO8. The minimum atomic E-state index is -0.809. The highest BCUT2D eigenvalue weighted by atomic mass is 16.5. The summed E-state index contributed by atoms with van der Waals surface area (Å²) < 4.78 is 21.4. The van der Waals surface area contributed by atoms with E-state index in [1.54, 1.807) is 11.8 Å². The fourth-order valence-corrected chi connectivity index (χ4v) is 3.46. The maximum atomic E-state index is 13.0. The highest BCUT2D eigenvalue weighted by Crippen LogP contribution is 2.42. The number of rotatable bonds is 6. The number of benzene rings is 1. The van der Waals surface area contributed by atoms with E-state index in [1.807, 2.05) is 0 Å². The molecule has 1 aromatic carbocycles. The lowest BCUT2D eigenvalue weighted by molar-refractivity contribution is -0.135. The number of carbonyl (C=O) groups excluding carboxylic acids is 1. The Kier molecular flexibility index (Phi) is 6.51. The lowest BCUT2D eigenvalue weighted by atomic mass is 9.90. The predicted molar refractivity (Wildman–Crippen MR) is 106 cm³/mol. The lowest BCUT2D eigenvalue weighted by Gasteiger charge is -2.28. The molecule has 2 heterocycles. The quantitative estimate of drug-likeness (QED) is 0.727. The molecule has 1 amide bonds. The molecule has 0 saturated carbocycles. The number of phenols is 1. The van der Waals surface area contributed by atoms with E-state index in [4.69, 9.17) is 18.6 Å². The van der Waals surface area contributed by atoms with Gasteiger partial charge < -0.3 is 33.7 Å². The normalized spacial score (nSPS) is 15.0. The number of hydrogen-bond donors (Lipinski definition) is 2. The van der Waals surface area contributed by atoms with E-state index in [0.717, 1.165) is 0 Å². The monoisotopic (exact) mass is 419 g/mol. The summed E-state index contributed by atoms with van der Waals surface area (Å²) in [7, 11) is 2.77. The fourth-order valence-electron chi connectivity index (χ4n) is 3.46. The van der Waals surface area contributed by atoms with Crippen LogP contribution < -0.4 is 14.9 Å². The number of nitrogens with zero attached hydrogens (tertiary/aromatic N) is 1. The van der Waals surface area contributed by atoms with Crippen molar-refractivity contribution in [1.82, 2.24) is 4.90 Å². The Morgan fingerprint density at radius 1 is 1.10 bits per heavy atom. The summed E-state index contributed by atoms with van der Waals surface area (Å²) in [6.07, 6.45) is -0.0724. The second-order valence-corrected chi connectivity index (χ2v) is 6.96. The molecule has 1 saturated heterocycles. The average molecular weight is 419 g/mol. The van der Waals surface area contributed by atoms with Gasteiger partial charge in [0.2, 0.25) is 22.8 Å². The Morgan fingerprint density at radius 3 is 2.27 bits per heavy atom. The zero-order valence-electron chi connectivity index (χ0n) is 17.1. The van der Waals surface area contributed by atoms with Crippen LogP contribution >= 0.6 is 0 Å². The molecule has 0 unspecified atom stereocenters. The third-order valence-corrected chi connectivity index (χ3v) is 5.04. The van der Waals surface area contributed by atoms with Crippen LogP contribution in [-0.2, 0) is 9.53 Å². The number of ether oxygens (including phenoxy) is 3. The van der Waals surface area contributed by atoms with Gasteiger partial charge in [-0.25, -0.2) is 0 Å². The Bertz CT molecular complexity index is 952. The van der Waals surface area contributed by atoms with Gasteiger partial charge in [0.05, 0.1) is 33.4 Å². The number of aromatic hydroxyl groups is 2. The highest BCUT2D eigenvalue weighted by Gasteiger charge is 2.30. The summed E-state index contributed by atoms with van der Waals surface area (Å²) in [5.74, 6) is -1.23. The first kappa shape index (κ1) is 21.5. The largest absolute Gasteiger partial charge is 0.502 e. The van der Waals surface area contributed by atoms with Gasteiger partial charge in [-0.05, 0) is 24.6 Å². The molecule has 1 aliphatic rings. The van der Waals surface area contributed by atoms with Gasteiger partial charge in [-0.15, -0.1) is 0 Å². The fraction of sp³-hybridized carbons (Fsp3) is 0.429. The van der Waals surface area contributed by atoms with Gasteiger partial charge >= 0.3 is 0 Å². The van der Waals surface area contributed by atoms with Gasteiger partial charge in [-0.1, -0.05) is 0 Å². The molecule has 9 nitrogen and oxygen atoms in total. The second kappa shape index (κ2) is 9.08. The molecule has 1 fully saturated rings. The molecule has 9 heteroatoms. The zero-order valence-corrected chi connectivity index (χ0v) is 17.1. The first-order valence-electron chi connectivity index (χ1n) is 9.49. The summed E-state index contributed by atoms with van der Waals surface area (Å²) >= 11 is 0. The molecule has 1 atom stereocenters. The average Bonchev–Trinajstić information content (AvgIpc) is 2.75. The van der Waals surface area contributed by atoms with Crippen molar-refractivity contribution in [2.75, 3.05) is 40.5 Å². The summed E-state index contributed by atoms with van der Waals surface area (Å²) in [5.41, 5.74) is -0.123. The van der Waals surface area contributed by atoms with E-state index in [0.29, 0.717) is 37.6 Å². The molecular weight excluding hydrogens is 394 g/mol. The predicted octanol–water partition coefficient (Wildman–Crippen LogP) is 1.76. The molecule has 2 aromatic rings. The summed E-state index contributed by atoms with van der Waals surface area (Å²) in [6, 6.07) is 4.23. The van der Waals surface area contributed by atoms with Crippen LogP contribution in [0.5, 0.6) is 23.0 Å². The molecule has 1 aromatic heterocycles. The number of phenolic OH excluding ortho intramolecular Hbond substituents is 1. The standard InChI is InChI=1S/C21H25NO8/c1-12-8-15(23)19(25)21(30-12)14(11-18(24)22-4-6-29-7-5-22)13-9-16(27-2)20(26)17(10-13)28-3/h8-10,14,25-26H,4-7,11H2,1-3H3/t14-/m1/s1. The number of amides is 1. The van der Waals surface area contributed by atoms with Gasteiger partial charge in [-0.2, -0.15) is 0 Å². The van der Waals surface area contributed by atoms with E-state index in [9.17, 15) is 19.8 Å². The Labute approximate surface area is 173 Å². The molecule has 162 valence electrons. The van der Waals surface area contributed by atoms with E-state index in [2.05, 4.69) is 0 Å². The van der Waals surface area contributed by atoms with E-state index in [1.165, 1.54) is 32.4 Å². The van der Waals surface area contributed by atoms with Gasteiger partial charge in [0.25, 0.3) is 0 Å². The molecule has 3 rings (SSSR count). The third kappa shape index (κ3) is 4.35. The van der Waals surface area contributed by atoms with Crippen LogP contribution in [0, 0.1) is 6.92 Å². The van der Waals surface area contributed by atoms with Crippen LogP contribution in [0.15, 0.2) is 27.4 Å². The van der Waals surface area contributed by atoms with Gasteiger partial charge in [0, 0.05) is 25.6 Å². The maximum Gasteiger partial charge on any atom is 0.227 e. The SMILES string of the molecule is COc1cc([C@@H](CC(=O)N2CCOCC2)c2oc(C)cc(=O)c2O)cc(OC)c1O. The first-order valence-corrected chi connectivity index (χ1v) is 9.49. The molecule has 0 aliphatic carbocycles. The highest BCUT2D eigenvalue weighted by molar-refractivity contribution is 5.78. The summed E-state index contributed by atoms with van der Waals surface area (Å²) in [4.78, 5) is 26.8. The minimum absolute atomic E-state index is 0.0311. The van der Waals surface area contributed by atoms with E-state index < -0.39 is 17.1 Å². The van der Waals surface area contributed by atoms with Crippen molar-refractivity contribution < 1.29 is 33.6 Å². The number of aryl methyl sites for hydroxylation is 1. The lowest BCUT2D eigenvalue weighted by Crippen LogP contribution is -2.41. The van der Waals surface area contributed by atoms with E-state index in [-0.39, 0.29) is 35.3 Å². The first-order chi connectivity index (χ1) is 14.3. The Balaban J connectivity index is 2.11. The molecule has 0 radical (unpaired) electrons. The third-order valence-electron chi connectivity index (χ3n) is 5.04. The van der Waals surface area contributed by atoms with Crippen LogP contribution in [0.3, 0.4) is 0 Å².